The number of ether oxygens (including phenoxy) is 1. The predicted octanol–water partition coefficient (Wildman–Crippen LogP) is 2.55. The molecular formula is C13H16N2O3. The Hall–Kier alpha value is -2.04. The molecule has 0 aliphatic heterocycles. The number of aryl methyl sites for hydroxylation is 1. The minimum atomic E-state index is -0.481. The summed E-state index contributed by atoms with van der Waals surface area (Å²) in [5.41, 5.74) is 3.71. The smallest absolute Gasteiger partial charge is 0.411 e. The summed E-state index contributed by atoms with van der Waals surface area (Å²) in [5.74, 6) is 0. The van der Waals surface area contributed by atoms with E-state index in [0.29, 0.717) is 0 Å². The molecular weight excluding hydrogens is 232 g/mol. The number of hydrogen-bond donors (Lipinski definition) is 1. The highest BCUT2D eigenvalue weighted by Crippen LogP contribution is 2.28. The van der Waals surface area contributed by atoms with Gasteiger partial charge in [0.2, 0.25) is 0 Å². The van der Waals surface area contributed by atoms with Crippen LogP contribution in [0, 0.1) is 0 Å². The zero-order valence-electron chi connectivity index (χ0n) is 10.5. The van der Waals surface area contributed by atoms with Crippen molar-refractivity contribution in [3.8, 4) is 0 Å². The third-order valence-corrected chi connectivity index (χ3v) is 2.92. The highest BCUT2D eigenvalue weighted by Gasteiger charge is 2.20. The highest BCUT2D eigenvalue weighted by molar-refractivity contribution is 6.08. The van der Waals surface area contributed by atoms with Crippen molar-refractivity contribution in [3.05, 3.63) is 29.3 Å². The Kier molecular flexibility index (Phi) is 3.82. The van der Waals surface area contributed by atoms with Crippen LogP contribution in [0.2, 0.25) is 0 Å². The normalized spacial score (nSPS) is 16.0. The van der Waals surface area contributed by atoms with Crippen LogP contribution in [0.4, 0.5) is 10.5 Å². The zero-order chi connectivity index (χ0) is 13.0. The van der Waals surface area contributed by atoms with E-state index in [-0.39, 0.29) is 0 Å². The number of oxime groups is 1. The monoisotopic (exact) mass is 248 g/mol. The maximum absolute atomic E-state index is 11.3. The van der Waals surface area contributed by atoms with Crippen LogP contribution >= 0.6 is 0 Å². The number of amides is 1. The van der Waals surface area contributed by atoms with Gasteiger partial charge in [-0.3, -0.25) is 5.32 Å². The lowest BCUT2D eigenvalue weighted by molar-refractivity contribution is 0.187. The van der Waals surface area contributed by atoms with Gasteiger partial charge in [0.05, 0.1) is 18.5 Å². The lowest BCUT2D eigenvalue weighted by atomic mass is 9.89. The van der Waals surface area contributed by atoms with Crippen molar-refractivity contribution in [3.63, 3.8) is 0 Å². The Balaban J connectivity index is 2.42. The van der Waals surface area contributed by atoms with Crippen LogP contribution in [0.5, 0.6) is 0 Å². The Morgan fingerprint density at radius 1 is 1.33 bits per heavy atom. The Morgan fingerprint density at radius 3 is 2.89 bits per heavy atom. The van der Waals surface area contributed by atoms with E-state index in [0.717, 1.165) is 36.2 Å². The van der Waals surface area contributed by atoms with Crippen LogP contribution in [0.25, 0.3) is 0 Å². The summed E-state index contributed by atoms with van der Waals surface area (Å²) in [5, 5.41) is 6.75. The van der Waals surface area contributed by atoms with E-state index in [1.54, 1.807) is 0 Å². The van der Waals surface area contributed by atoms with Crippen LogP contribution in [0.15, 0.2) is 23.4 Å². The number of anilines is 1. The molecule has 0 saturated heterocycles. The van der Waals surface area contributed by atoms with Gasteiger partial charge in [-0.2, -0.15) is 0 Å². The SMILES string of the molecule is CO/N=C1/CCCc2cccc(NC(=O)OC)c21. The topological polar surface area (TPSA) is 59.9 Å². The van der Waals surface area contributed by atoms with Crippen molar-refractivity contribution >= 4 is 17.5 Å². The summed E-state index contributed by atoms with van der Waals surface area (Å²) in [6.45, 7) is 0. The molecule has 1 N–H and O–H groups in total. The fourth-order valence-corrected chi connectivity index (χ4v) is 2.19. The first-order chi connectivity index (χ1) is 8.76. The number of methoxy groups -OCH3 is 1. The molecule has 0 spiro atoms. The third kappa shape index (κ3) is 2.45. The minimum absolute atomic E-state index is 0.481. The third-order valence-electron chi connectivity index (χ3n) is 2.92. The standard InChI is InChI=1S/C13H16N2O3/c1-17-13(16)14-10-7-3-5-9-6-4-8-11(12(9)10)15-18-2/h3,5,7H,4,6,8H2,1-2H3,(H,14,16)/b15-11-. The molecule has 1 aliphatic rings. The molecule has 0 bridgehead atoms. The minimum Gasteiger partial charge on any atom is -0.453 e. The molecule has 1 amide bonds. The van der Waals surface area contributed by atoms with Crippen molar-refractivity contribution in [2.24, 2.45) is 5.16 Å². The molecule has 2 rings (SSSR count). The van der Waals surface area contributed by atoms with Crippen LogP contribution in [-0.4, -0.2) is 26.0 Å². The van der Waals surface area contributed by atoms with Crippen LogP contribution in [0.3, 0.4) is 0 Å². The second kappa shape index (κ2) is 5.53. The Bertz CT molecular complexity index is 483. The van der Waals surface area contributed by atoms with Gasteiger partial charge in [-0.1, -0.05) is 17.3 Å². The predicted molar refractivity (Wildman–Crippen MR) is 69.0 cm³/mol. The second-order valence-corrected chi connectivity index (χ2v) is 4.03. The Morgan fingerprint density at radius 2 is 2.17 bits per heavy atom. The van der Waals surface area contributed by atoms with Gasteiger partial charge in [-0.25, -0.2) is 4.79 Å². The molecule has 0 saturated carbocycles. The summed E-state index contributed by atoms with van der Waals surface area (Å²) in [6.07, 6.45) is 2.39. The number of fused-ring (bicyclic) bond motifs is 1. The zero-order valence-corrected chi connectivity index (χ0v) is 10.5. The summed E-state index contributed by atoms with van der Waals surface area (Å²) in [6, 6.07) is 5.80. The second-order valence-electron chi connectivity index (χ2n) is 4.03. The summed E-state index contributed by atoms with van der Waals surface area (Å²) < 4.78 is 4.62. The first-order valence-electron chi connectivity index (χ1n) is 5.83. The van der Waals surface area contributed by atoms with E-state index in [1.807, 2.05) is 18.2 Å². The number of rotatable bonds is 2. The number of nitrogens with one attached hydrogen (secondary N) is 1. The van der Waals surface area contributed by atoms with Gasteiger partial charge in [-0.05, 0) is 30.9 Å². The summed E-state index contributed by atoms with van der Waals surface area (Å²) in [4.78, 5) is 16.2. The molecule has 18 heavy (non-hydrogen) atoms. The fourth-order valence-electron chi connectivity index (χ4n) is 2.19. The van der Waals surface area contributed by atoms with Crippen molar-refractivity contribution in [1.82, 2.24) is 0 Å². The molecule has 96 valence electrons. The van der Waals surface area contributed by atoms with Crippen LogP contribution in [-0.2, 0) is 16.0 Å². The Labute approximate surface area is 106 Å². The van der Waals surface area contributed by atoms with Crippen molar-refractivity contribution in [2.45, 2.75) is 19.3 Å². The van der Waals surface area contributed by atoms with E-state index in [2.05, 4.69) is 15.2 Å². The molecule has 0 fully saturated rings. The fraction of sp³-hybridized carbons (Fsp3) is 0.385. The number of nitrogens with zero attached hydrogens (tertiary/aromatic N) is 1. The van der Waals surface area contributed by atoms with Gasteiger partial charge in [0.15, 0.2) is 0 Å². The molecule has 5 nitrogen and oxygen atoms in total. The maximum Gasteiger partial charge on any atom is 0.411 e. The van der Waals surface area contributed by atoms with Gasteiger partial charge in [0.25, 0.3) is 0 Å². The molecule has 1 aromatic carbocycles. The lowest BCUT2D eigenvalue weighted by Crippen LogP contribution is -2.19. The van der Waals surface area contributed by atoms with Crippen molar-refractivity contribution in [1.29, 1.82) is 0 Å². The van der Waals surface area contributed by atoms with E-state index in [4.69, 9.17) is 4.84 Å². The highest BCUT2D eigenvalue weighted by atomic mass is 16.6. The molecule has 1 aliphatic carbocycles. The van der Waals surface area contributed by atoms with Gasteiger partial charge >= 0.3 is 6.09 Å². The van der Waals surface area contributed by atoms with E-state index in [9.17, 15) is 4.79 Å². The van der Waals surface area contributed by atoms with Crippen LogP contribution in [0.1, 0.15) is 24.0 Å². The molecule has 0 unspecified atom stereocenters. The van der Waals surface area contributed by atoms with Gasteiger partial charge in [0.1, 0.15) is 7.11 Å². The molecule has 0 heterocycles. The summed E-state index contributed by atoms with van der Waals surface area (Å²) in [7, 11) is 2.87. The number of carbonyl (C=O) groups is 1. The number of carbonyl (C=O) groups excluding carboxylic acids is 1. The van der Waals surface area contributed by atoms with Gasteiger partial charge in [-0.15, -0.1) is 0 Å². The first kappa shape index (κ1) is 12.4. The van der Waals surface area contributed by atoms with E-state index in [1.165, 1.54) is 19.8 Å². The van der Waals surface area contributed by atoms with E-state index < -0.39 is 6.09 Å². The van der Waals surface area contributed by atoms with E-state index >= 15 is 0 Å². The maximum atomic E-state index is 11.3. The van der Waals surface area contributed by atoms with Gasteiger partial charge < -0.3 is 9.57 Å². The average Bonchev–Trinajstić information content (AvgIpc) is 2.39. The number of hydrogen-bond acceptors (Lipinski definition) is 4. The van der Waals surface area contributed by atoms with Gasteiger partial charge in [0, 0.05) is 5.56 Å². The molecule has 5 heteroatoms. The van der Waals surface area contributed by atoms with Crippen molar-refractivity contribution in [2.75, 3.05) is 19.5 Å². The lowest BCUT2D eigenvalue weighted by Gasteiger charge is -2.20. The molecule has 0 radical (unpaired) electrons. The average molecular weight is 248 g/mol. The summed E-state index contributed by atoms with van der Waals surface area (Å²) >= 11 is 0. The first-order valence-corrected chi connectivity index (χ1v) is 5.83. The largest absolute Gasteiger partial charge is 0.453 e. The van der Waals surface area contributed by atoms with Crippen molar-refractivity contribution < 1.29 is 14.4 Å². The molecule has 0 atom stereocenters. The van der Waals surface area contributed by atoms with Crippen LogP contribution < -0.4 is 5.32 Å². The quantitative estimate of drug-likeness (QED) is 0.818. The molecule has 0 aromatic heterocycles. The number of benzene rings is 1. The molecule has 1 aromatic rings.